The molecule has 6 rings (SSSR count). The molecule has 0 radical (unpaired) electrons. The molecule has 0 bridgehead atoms. The largest absolute Gasteiger partial charge is 0.458 e. The number of halogens is 1. The van der Waals surface area contributed by atoms with Gasteiger partial charge in [-0.3, -0.25) is 4.79 Å². The average Bonchev–Trinajstić information content (AvgIpc) is 3.18. The lowest BCUT2D eigenvalue weighted by atomic mass is 9.86. The number of aromatic nitrogens is 2. The highest BCUT2D eigenvalue weighted by atomic mass is 35.5. The van der Waals surface area contributed by atoms with Gasteiger partial charge in [-0.1, -0.05) is 42.8 Å². The number of pyridine rings is 2. The highest BCUT2D eigenvalue weighted by Gasteiger charge is 2.45. The Morgan fingerprint density at radius 1 is 1.15 bits per heavy atom. The second-order valence-electron chi connectivity index (χ2n) is 8.49. The lowest BCUT2D eigenvalue weighted by molar-refractivity contribution is -0.172. The molecule has 0 saturated heterocycles. The highest BCUT2D eigenvalue weighted by molar-refractivity contribution is 6.33. The summed E-state index contributed by atoms with van der Waals surface area (Å²) in [6.45, 7) is 1.93. The predicted octanol–water partition coefficient (Wildman–Crippen LogP) is 4.40. The zero-order valence-corrected chi connectivity index (χ0v) is 18.5. The molecule has 0 aliphatic carbocycles. The van der Waals surface area contributed by atoms with Crippen LogP contribution < -0.4 is 5.56 Å². The van der Waals surface area contributed by atoms with Gasteiger partial charge in [-0.25, -0.2) is 9.78 Å². The number of esters is 1. The molecule has 0 saturated carbocycles. The van der Waals surface area contributed by atoms with E-state index in [-0.39, 0.29) is 18.6 Å². The maximum atomic E-state index is 13.3. The molecule has 0 fully saturated rings. The maximum absolute atomic E-state index is 13.3. The third-order valence-electron chi connectivity index (χ3n) is 6.69. The molecule has 0 amide bonds. The summed E-state index contributed by atoms with van der Waals surface area (Å²) in [7, 11) is 0. The van der Waals surface area contributed by atoms with Crippen molar-refractivity contribution in [3.63, 3.8) is 0 Å². The van der Waals surface area contributed by atoms with E-state index in [9.17, 15) is 14.7 Å². The summed E-state index contributed by atoms with van der Waals surface area (Å²) in [6, 6.07) is 17.4. The molecule has 1 N–H and O–H groups in total. The minimum absolute atomic E-state index is 0.116. The smallest absolute Gasteiger partial charge is 0.343 e. The maximum Gasteiger partial charge on any atom is 0.343 e. The summed E-state index contributed by atoms with van der Waals surface area (Å²) >= 11 is 6.38. The molecule has 4 aromatic rings. The fraction of sp³-hybridized carbons (Fsp3) is 0.192. The van der Waals surface area contributed by atoms with Crippen LogP contribution >= 0.6 is 11.6 Å². The topological polar surface area (TPSA) is 81.4 Å². The molecule has 7 heteroatoms. The minimum Gasteiger partial charge on any atom is -0.458 e. The number of hydrogen-bond donors (Lipinski definition) is 1. The molecule has 2 aromatic heterocycles. The summed E-state index contributed by atoms with van der Waals surface area (Å²) < 4.78 is 6.77. The summed E-state index contributed by atoms with van der Waals surface area (Å²) in [5, 5.41) is 12.6. The predicted molar refractivity (Wildman–Crippen MR) is 125 cm³/mol. The Hall–Kier alpha value is -3.48. The van der Waals surface area contributed by atoms with Gasteiger partial charge in [0.15, 0.2) is 5.60 Å². The third kappa shape index (κ3) is 2.81. The zero-order valence-electron chi connectivity index (χ0n) is 17.8. The molecule has 1 atom stereocenters. The first-order chi connectivity index (χ1) is 15.9. The molecule has 2 aliphatic rings. The van der Waals surface area contributed by atoms with Gasteiger partial charge in [-0.2, -0.15) is 0 Å². The number of aliphatic hydroxyl groups is 1. The molecule has 0 unspecified atom stereocenters. The number of cyclic esters (lactones) is 1. The van der Waals surface area contributed by atoms with Crippen LogP contribution in [-0.2, 0) is 28.3 Å². The molecule has 2 aliphatic heterocycles. The summed E-state index contributed by atoms with van der Waals surface area (Å²) in [6.07, 6.45) is 0.116. The SMILES string of the molecule is CC[C@@]1(O)C(=O)OCc2c1cc1n(c2=O)Cc2cc3cc(-c4ccccc4Cl)ccc3nc2-1. The fourth-order valence-electron chi connectivity index (χ4n) is 4.85. The average molecular weight is 459 g/mol. The van der Waals surface area contributed by atoms with Crippen LogP contribution in [0.2, 0.25) is 5.02 Å². The number of fused-ring (bicyclic) bond motifs is 5. The highest BCUT2D eigenvalue weighted by Crippen LogP contribution is 2.39. The van der Waals surface area contributed by atoms with Crippen LogP contribution in [0.3, 0.4) is 0 Å². The lowest BCUT2D eigenvalue weighted by Crippen LogP contribution is -2.44. The van der Waals surface area contributed by atoms with E-state index < -0.39 is 11.6 Å². The number of carbonyl (C=O) groups excluding carboxylic acids is 1. The van der Waals surface area contributed by atoms with Gasteiger partial charge < -0.3 is 14.4 Å². The van der Waals surface area contributed by atoms with Crippen LogP contribution in [0, 0.1) is 0 Å². The molecule has 164 valence electrons. The number of carbonyl (C=O) groups is 1. The fourth-order valence-corrected chi connectivity index (χ4v) is 5.09. The first-order valence-electron chi connectivity index (χ1n) is 10.8. The Labute approximate surface area is 194 Å². The zero-order chi connectivity index (χ0) is 22.9. The second-order valence-corrected chi connectivity index (χ2v) is 8.89. The van der Waals surface area contributed by atoms with Gasteiger partial charge in [0.25, 0.3) is 5.56 Å². The second kappa shape index (κ2) is 7.01. The number of hydrogen-bond acceptors (Lipinski definition) is 5. The van der Waals surface area contributed by atoms with Gasteiger partial charge in [0.1, 0.15) is 6.61 Å². The Morgan fingerprint density at radius 2 is 1.97 bits per heavy atom. The number of benzene rings is 2. The van der Waals surface area contributed by atoms with E-state index >= 15 is 0 Å². The van der Waals surface area contributed by atoms with Crippen LogP contribution in [0.15, 0.2) is 59.4 Å². The van der Waals surface area contributed by atoms with Crippen molar-refractivity contribution in [1.29, 1.82) is 0 Å². The molecule has 0 spiro atoms. The summed E-state index contributed by atoms with van der Waals surface area (Å²) in [5.41, 5.74) is 3.46. The molecule has 2 aromatic carbocycles. The van der Waals surface area contributed by atoms with E-state index in [1.165, 1.54) is 0 Å². The van der Waals surface area contributed by atoms with Crippen LogP contribution in [0.1, 0.15) is 30.0 Å². The van der Waals surface area contributed by atoms with Gasteiger partial charge in [0.2, 0.25) is 0 Å². The van der Waals surface area contributed by atoms with E-state index in [0.29, 0.717) is 34.1 Å². The quantitative estimate of drug-likeness (QED) is 0.396. The van der Waals surface area contributed by atoms with Crippen LogP contribution in [0.25, 0.3) is 33.4 Å². The van der Waals surface area contributed by atoms with Crippen molar-refractivity contribution < 1.29 is 14.6 Å². The van der Waals surface area contributed by atoms with Crippen molar-refractivity contribution in [3.8, 4) is 22.5 Å². The van der Waals surface area contributed by atoms with Crippen LogP contribution in [0.5, 0.6) is 0 Å². The van der Waals surface area contributed by atoms with Gasteiger partial charge in [0.05, 0.1) is 29.0 Å². The van der Waals surface area contributed by atoms with E-state index in [1.54, 1.807) is 17.6 Å². The first-order valence-corrected chi connectivity index (χ1v) is 11.1. The number of ether oxygens (including phenoxy) is 1. The van der Waals surface area contributed by atoms with Gasteiger partial charge in [-0.15, -0.1) is 0 Å². The third-order valence-corrected chi connectivity index (χ3v) is 7.02. The minimum atomic E-state index is -1.83. The van der Waals surface area contributed by atoms with Gasteiger partial charge in [0, 0.05) is 27.1 Å². The number of rotatable bonds is 2. The van der Waals surface area contributed by atoms with E-state index in [2.05, 4.69) is 0 Å². The molecular weight excluding hydrogens is 440 g/mol. The number of nitrogens with zero attached hydrogens (tertiary/aromatic N) is 2. The van der Waals surface area contributed by atoms with Crippen molar-refractivity contribution in [3.05, 3.63) is 86.7 Å². The molecular formula is C26H19ClN2O4. The van der Waals surface area contributed by atoms with Crippen molar-refractivity contribution in [1.82, 2.24) is 9.55 Å². The standard InChI is InChI=1S/C26H19ClN2O4/c1-2-26(32)19-11-22-23-16(12-29(22)24(30)18(19)13-33-25(26)31)10-15-9-14(7-8-21(15)28-23)17-5-3-4-6-20(17)27/h3-11,32H,2,12-13H2,1H3/t26-/m0/s1. The van der Waals surface area contributed by atoms with Gasteiger partial charge >= 0.3 is 5.97 Å². The van der Waals surface area contributed by atoms with Crippen LogP contribution in [-0.4, -0.2) is 20.6 Å². The van der Waals surface area contributed by atoms with Crippen molar-refractivity contribution in [2.45, 2.75) is 32.1 Å². The molecule has 33 heavy (non-hydrogen) atoms. The summed E-state index contributed by atoms with van der Waals surface area (Å²) in [4.78, 5) is 30.4. The van der Waals surface area contributed by atoms with E-state index in [4.69, 9.17) is 21.3 Å². The monoisotopic (exact) mass is 458 g/mol. The van der Waals surface area contributed by atoms with Gasteiger partial charge in [-0.05, 0) is 42.3 Å². The molecule has 4 heterocycles. The molecule has 6 nitrogen and oxygen atoms in total. The Balaban J connectivity index is 1.53. The lowest BCUT2D eigenvalue weighted by Gasteiger charge is -2.31. The van der Waals surface area contributed by atoms with Crippen LogP contribution in [0.4, 0.5) is 0 Å². The summed E-state index contributed by atoms with van der Waals surface area (Å²) in [5.74, 6) is -0.723. The van der Waals surface area contributed by atoms with E-state index in [1.807, 2.05) is 48.5 Å². The van der Waals surface area contributed by atoms with E-state index in [0.717, 1.165) is 27.6 Å². The Kier molecular flexibility index (Phi) is 4.28. The van der Waals surface area contributed by atoms with Crippen molar-refractivity contribution >= 4 is 28.5 Å². The Bertz CT molecular complexity index is 1560. The van der Waals surface area contributed by atoms with Crippen molar-refractivity contribution in [2.24, 2.45) is 0 Å². The normalized spacial score (nSPS) is 18.6. The first kappa shape index (κ1) is 20.1. The Morgan fingerprint density at radius 3 is 2.76 bits per heavy atom. The van der Waals surface area contributed by atoms with Crippen molar-refractivity contribution in [2.75, 3.05) is 0 Å².